The minimum Gasteiger partial charge on any atom is -0.465 e. The number of aliphatic hydroxyl groups is 1. The molecule has 2 amide bonds. The number of likely N-dealkylation sites (tertiary alicyclic amines) is 1. The highest BCUT2D eigenvalue weighted by molar-refractivity contribution is 5.89. The Hall–Kier alpha value is -2.42. The minimum atomic E-state index is -1.23. The van der Waals surface area contributed by atoms with Gasteiger partial charge in [0.2, 0.25) is 0 Å². The molecule has 1 aromatic carbocycles. The van der Waals surface area contributed by atoms with Crippen molar-refractivity contribution in [3.8, 4) is 0 Å². The zero-order valence-corrected chi connectivity index (χ0v) is 13.3. The largest absolute Gasteiger partial charge is 0.465 e. The summed E-state index contributed by atoms with van der Waals surface area (Å²) in [6, 6.07) is 3.01. The van der Waals surface area contributed by atoms with Crippen LogP contribution in [0.2, 0.25) is 0 Å². The number of hydrogen-bond donors (Lipinski definition) is 2. The van der Waals surface area contributed by atoms with E-state index in [0.717, 1.165) is 11.0 Å². The molecule has 2 aliphatic heterocycles. The van der Waals surface area contributed by atoms with Gasteiger partial charge >= 0.3 is 12.2 Å². The number of benzene rings is 1. The summed E-state index contributed by atoms with van der Waals surface area (Å²) in [7, 11) is 0. The van der Waals surface area contributed by atoms with Gasteiger partial charge in [-0.3, -0.25) is 4.90 Å². The monoisotopic (exact) mass is 356 g/mol. The lowest BCUT2D eigenvalue weighted by atomic mass is 9.93. The summed E-state index contributed by atoms with van der Waals surface area (Å²) < 4.78 is 33.2. The molecule has 0 radical (unpaired) electrons. The zero-order chi connectivity index (χ0) is 18.1. The molecular weight excluding hydrogens is 338 g/mol. The number of ether oxygens (including phenoxy) is 1. The zero-order valence-electron chi connectivity index (χ0n) is 13.3. The molecule has 9 heteroatoms. The lowest BCUT2D eigenvalue weighted by Crippen LogP contribution is -2.41. The van der Waals surface area contributed by atoms with Crippen molar-refractivity contribution in [1.29, 1.82) is 0 Å². The standard InChI is InChI=1S/C16H18F2N2O5/c17-9-3-4-19(15(22)23)14(5-9)12-2-1-10(6-13(12)18)20-7-11(8-21)25-16(20)24/h1-2,6,9,11,14,21H,3-5,7-8H2,(H,22,23). The van der Waals surface area contributed by atoms with Gasteiger partial charge in [-0.1, -0.05) is 6.07 Å². The maximum atomic E-state index is 14.6. The summed E-state index contributed by atoms with van der Waals surface area (Å²) in [6.45, 7) is -0.249. The summed E-state index contributed by atoms with van der Waals surface area (Å²) in [5.41, 5.74) is 0.302. The number of cyclic esters (lactones) is 1. The molecule has 0 saturated carbocycles. The van der Waals surface area contributed by atoms with Crippen LogP contribution in [0, 0.1) is 5.82 Å². The van der Waals surface area contributed by atoms with Crippen LogP contribution in [0.3, 0.4) is 0 Å². The van der Waals surface area contributed by atoms with Crippen molar-refractivity contribution < 1.29 is 33.3 Å². The summed E-state index contributed by atoms with van der Waals surface area (Å²) in [5, 5.41) is 18.3. The van der Waals surface area contributed by atoms with Gasteiger partial charge in [0.1, 0.15) is 18.1 Å². The van der Waals surface area contributed by atoms with E-state index in [-0.39, 0.29) is 43.8 Å². The van der Waals surface area contributed by atoms with E-state index in [1.54, 1.807) is 0 Å². The minimum absolute atomic E-state index is 0.00100. The number of aliphatic hydroxyl groups excluding tert-OH is 1. The Morgan fingerprint density at radius 2 is 2.16 bits per heavy atom. The molecule has 0 spiro atoms. The highest BCUT2D eigenvalue weighted by Crippen LogP contribution is 2.35. The highest BCUT2D eigenvalue weighted by atomic mass is 19.1. The van der Waals surface area contributed by atoms with Gasteiger partial charge in [0, 0.05) is 18.5 Å². The third-order valence-corrected chi connectivity index (χ3v) is 4.52. The van der Waals surface area contributed by atoms with Gasteiger partial charge in [0.25, 0.3) is 0 Å². The second-order valence-electron chi connectivity index (χ2n) is 6.12. The predicted octanol–water partition coefficient (Wildman–Crippen LogP) is 2.30. The molecule has 2 N–H and O–H groups in total. The fraction of sp³-hybridized carbons (Fsp3) is 0.500. The number of anilines is 1. The Labute approximate surface area is 142 Å². The van der Waals surface area contributed by atoms with E-state index in [1.165, 1.54) is 17.0 Å². The van der Waals surface area contributed by atoms with Crippen molar-refractivity contribution >= 4 is 17.9 Å². The molecule has 3 atom stereocenters. The quantitative estimate of drug-likeness (QED) is 0.867. The van der Waals surface area contributed by atoms with E-state index in [2.05, 4.69) is 0 Å². The number of carbonyl (C=O) groups excluding carboxylic acids is 1. The van der Waals surface area contributed by atoms with Crippen LogP contribution in [0.4, 0.5) is 24.1 Å². The van der Waals surface area contributed by atoms with E-state index in [0.29, 0.717) is 0 Å². The van der Waals surface area contributed by atoms with Crippen LogP contribution in [0.5, 0.6) is 0 Å². The van der Waals surface area contributed by atoms with Gasteiger partial charge in [-0.15, -0.1) is 0 Å². The van der Waals surface area contributed by atoms with Crippen LogP contribution in [0.25, 0.3) is 0 Å². The molecule has 7 nitrogen and oxygen atoms in total. The molecule has 2 heterocycles. The van der Waals surface area contributed by atoms with E-state index >= 15 is 0 Å². The fourth-order valence-electron chi connectivity index (χ4n) is 3.23. The first-order valence-electron chi connectivity index (χ1n) is 7.92. The van der Waals surface area contributed by atoms with E-state index in [1.807, 2.05) is 0 Å². The number of rotatable bonds is 3. The number of hydrogen-bond acceptors (Lipinski definition) is 4. The molecule has 3 unspecified atom stereocenters. The number of piperidine rings is 1. The van der Waals surface area contributed by atoms with E-state index in [4.69, 9.17) is 9.84 Å². The van der Waals surface area contributed by atoms with Crippen LogP contribution in [-0.2, 0) is 4.74 Å². The first-order chi connectivity index (χ1) is 11.9. The Morgan fingerprint density at radius 1 is 1.40 bits per heavy atom. The molecule has 0 aromatic heterocycles. The third-order valence-electron chi connectivity index (χ3n) is 4.52. The summed E-state index contributed by atoms with van der Waals surface area (Å²) in [6.07, 6.45) is -3.82. The van der Waals surface area contributed by atoms with E-state index < -0.39 is 36.3 Å². The van der Waals surface area contributed by atoms with Crippen molar-refractivity contribution in [3.63, 3.8) is 0 Å². The van der Waals surface area contributed by atoms with E-state index in [9.17, 15) is 23.5 Å². The number of carboxylic acid groups (broad SMARTS) is 1. The number of alkyl halides is 1. The Bertz CT molecular complexity index is 686. The number of amides is 2. The molecule has 2 fully saturated rings. The van der Waals surface area contributed by atoms with Gasteiger partial charge in [0.15, 0.2) is 0 Å². The molecule has 3 rings (SSSR count). The Kier molecular flexibility index (Phi) is 4.76. The lowest BCUT2D eigenvalue weighted by molar-refractivity contribution is 0.0767. The van der Waals surface area contributed by atoms with Crippen LogP contribution < -0.4 is 4.90 Å². The van der Waals surface area contributed by atoms with Crippen molar-refractivity contribution in [3.05, 3.63) is 29.6 Å². The molecule has 1 aromatic rings. The molecular formula is C16H18F2N2O5. The lowest BCUT2D eigenvalue weighted by Gasteiger charge is -2.35. The molecule has 2 aliphatic rings. The summed E-state index contributed by atoms with van der Waals surface area (Å²) in [4.78, 5) is 25.3. The van der Waals surface area contributed by atoms with Gasteiger partial charge in [-0.05, 0) is 18.6 Å². The maximum absolute atomic E-state index is 14.6. The smallest absolute Gasteiger partial charge is 0.414 e. The molecule has 0 bridgehead atoms. The predicted molar refractivity (Wildman–Crippen MR) is 82.7 cm³/mol. The Morgan fingerprint density at radius 3 is 2.76 bits per heavy atom. The molecule has 2 saturated heterocycles. The van der Waals surface area contributed by atoms with Crippen molar-refractivity contribution in [1.82, 2.24) is 4.90 Å². The Balaban J connectivity index is 1.86. The second-order valence-corrected chi connectivity index (χ2v) is 6.12. The van der Waals surface area contributed by atoms with Gasteiger partial charge in [0.05, 0.1) is 24.9 Å². The molecule has 136 valence electrons. The van der Waals surface area contributed by atoms with Crippen molar-refractivity contribution in [2.24, 2.45) is 0 Å². The average molecular weight is 356 g/mol. The van der Waals surface area contributed by atoms with Crippen LogP contribution in [0.15, 0.2) is 18.2 Å². The maximum Gasteiger partial charge on any atom is 0.414 e. The molecule has 0 aliphatic carbocycles. The number of nitrogens with zero attached hydrogens (tertiary/aromatic N) is 2. The summed E-state index contributed by atoms with van der Waals surface area (Å²) >= 11 is 0. The number of carbonyl (C=O) groups is 2. The topological polar surface area (TPSA) is 90.3 Å². The first-order valence-corrected chi connectivity index (χ1v) is 7.92. The second kappa shape index (κ2) is 6.83. The van der Waals surface area contributed by atoms with Crippen LogP contribution in [0.1, 0.15) is 24.4 Å². The van der Waals surface area contributed by atoms with Crippen molar-refractivity contribution in [2.75, 3.05) is 24.6 Å². The third kappa shape index (κ3) is 3.37. The molecule has 25 heavy (non-hydrogen) atoms. The van der Waals surface area contributed by atoms with Gasteiger partial charge < -0.3 is 19.8 Å². The highest BCUT2D eigenvalue weighted by Gasteiger charge is 2.36. The van der Waals surface area contributed by atoms with Crippen molar-refractivity contribution in [2.45, 2.75) is 31.2 Å². The van der Waals surface area contributed by atoms with Crippen LogP contribution in [-0.4, -0.2) is 59.3 Å². The average Bonchev–Trinajstić information content (AvgIpc) is 2.95. The first kappa shape index (κ1) is 17.4. The number of halogens is 2. The van der Waals surface area contributed by atoms with Gasteiger partial charge in [-0.2, -0.15) is 0 Å². The SMILES string of the molecule is O=C1OC(CO)CN1c1ccc(C2CC(F)CCN2C(=O)O)c(F)c1. The summed E-state index contributed by atoms with van der Waals surface area (Å²) in [5.74, 6) is -0.719. The van der Waals surface area contributed by atoms with Gasteiger partial charge in [-0.25, -0.2) is 18.4 Å². The van der Waals surface area contributed by atoms with Crippen LogP contribution >= 0.6 is 0 Å². The normalized spacial score (nSPS) is 26.7. The fourth-order valence-corrected chi connectivity index (χ4v) is 3.23.